The van der Waals surface area contributed by atoms with Crippen LogP contribution in [-0.2, 0) is 4.79 Å². The second kappa shape index (κ2) is 5.66. The maximum absolute atomic E-state index is 11.3. The van der Waals surface area contributed by atoms with E-state index in [0.29, 0.717) is 5.92 Å². The molecule has 0 spiro atoms. The van der Waals surface area contributed by atoms with Gasteiger partial charge in [-0.25, -0.2) is 0 Å². The van der Waals surface area contributed by atoms with Crippen molar-refractivity contribution >= 4 is 5.91 Å². The van der Waals surface area contributed by atoms with Gasteiger partial charge in [-0.15, -0.1) is 0 Å². The van der Waals surface area contributed by atoms with E-state index in [2.05, 4.69) is 19.2 Å². The van der Waals surface area contributed by atoms with E-state index in [4.69, 9.17) is 5.73 Å². The number of primary amides is 1. The largest absolute Gasteiger partial charge is 0.368 e. The van der Waals surface area contributed by atoms with E-state index in [-0.39, 0.29) is 11.9 Å². The van der Waals surface area contributed by atoms with Crippen LogP contribution in [0.25, 0.3) is 0 Å². The highest BCUT2D eigenvalue weighted by Gasteiger charge is 2.15. The zero-order valence-electron chi connectivity index (χ0n) is 10.2. The number of carbonyl (C=O) groups is 1. The average Bonchev–Trinajstić information content (AvgIpc) is 2.25. The van der Waals surface area contributed by atoms with Gasteiger partial charge >= 0.3 is 0 Å². The standard InChI is InChI=1S/C13H20N2O/c1-4-15-12(13(14)16)11-7-5-10(6-8-11)9(2)3/h5-9,12,15H,4H2,1-3H3,(H2,14,16). The molecule has 0 bridgehead atoms. The smallest absolute Gasteiger partial charge is 0.239 e. The Labute approximate surface area is 97.0 Å². The molecule has 0 aliphatic carbocycles. The molecule has 0 fully saturated rings. The van der Waals surface area contributed by atoms with Crippen molar-refractivity contribution in [2.75, 3.05) is 6.54 Å². The lowest BCUT2D eigenvalue weighted by Gasteiger charge is -2.15. The van der Waals surface area contributed by atoms with E-state index in [1.54, 1.807) is 0 Å². The van der Waals surface area contributed by atoms with Crippen LogP contribution >= 0.6 is 0 Å². The number of hydrogen-bond donors (Lipinski definition) is 2. The van der Waals surface area contributed by atoms with Crippen LogP contribution in [0.3, 0.4) is 0 Å². The molecule has 0 saturated heterocycles. The van der Waals surface area contributed by atoms with E-state index >= 15 is 0 Å². The van der Waals surface area contributed by atoms with Gasteiger partial charge in [0.1, 0.15) is 6.04 Å². The molecule has 3 heteroatoms. The molecule has 3 N–H and O–H groups in total. The normalized spacial score (nSPS) is 12.8. The van der Waals surface area contributed by atoms with Gasteiger partial charge in [0.05, 0.1) is 0 Å². The molecule has 1 aromatic carbocycles. The molecule has 0 saturated carbocycles. The Kier molecular flexibility index (Phi) is 4.50. The zero-order valence-corrected chi connectivity index (χ0v) is 10.2. The van der Waals surface area contributed by atoms with E-state index in [9.17, 15) is 4.79 Å². The maximum Gasteiger partial charge on any atom is 0.239 e. The van der Waals surface area contributed by atoms with E-state index in [1.807, 2.05) is 31.2 Å². The van der Waals surface area contributed by atoms with Crippen molar-refractivity contribution in [3.05, 3.63) is 35.4 Å². The number of nitrogens with one attached hydrogen (secondary N) is 1. The Morgan fingerprint density at radius 2 is 1.75 bits per heavy atom. The zero-order chi connectivity index (χ0) is 12.1. The molecule has 1 atom stereocenters. The minimum atomic E-state index is -0.383. The van der Waals surface area contributed by atoms with E-state index in [1.165, 1.54) is 5.56 Å². The summed E-state index contributed by atoms with van der Waals surface area (Å²) in [6.07, 6.45) is 0. The fraction of sp³-hybridized carbons (Fsp3) is 0.462. The number of likely N-dealkylation sites (N-methyl/N-ethyl adjacent to an activating group) is 1. The lowest BCUT2D eigenvalue weighted by Crippen LogP contribution is -2.33. The molecule has 1 unspecified atom stereocenters. The topological polar surface area (TPSA) is 55.1 Å². The molecule has 1 amide bonds. The molecule has 0 heterocycles. The van der Waals surface area contributed by atoms with E-state index in [0.717, 1.165) is 12.1 Å². The highest BCUT2D eigenvalue weighted by molar-refractivity contribution is 5.81. The first kappa shape index (κ1) is 12.7. The number of amides is 1. The van der Waals surface area contributed by atoms with Gasteiger partial charge in [-0.3, -0.25) is 4.79 Å². The molecule has 1 rings (SSSR count). The Balaban J connectivity index is 2.89. The van der Waals surface area contributed by atoms with Gasteiger partial charge in [-0.1, -0.05) is 45.0 Å². The molecule has 16 heavy (non-hydrogen) atoms. The Morgan fingerprint density at radius 3 is 2.12 bits per heavy atom. The number of benzene rings is 1. The fourth-order valence-electron chi connectivity index (χ4n) is 1.66. The van der Waals surface area contributed by atoms with Crippen LogP contribution < -0.4 is 11.1 Å². The van der Waals surface area contributed by atoms with Gasteiger partial charge in [0.15, 0.2) is 0 Å². The molecule has 0 aliphatic rings. The van der Waals surface area contributed by atoms with Crippen molar-refractivity contribution in [2.24, 2.45) is 5.73 Å². The first-order chi connectivity index (χ1) is 7.56. The minimum absolute atomic E-state index is 0.334. The predicted octanol–water partition coefficient (Wildman–Crippen LogP) is 1.95. The first-order valence-electron chi connectivity index (χ1n) is 5.68. The quantitative estimate of drug-likeness (QED) is 0.796. The summed E-state index contributed by atoms with van der Waals surface area (Å²) in [6, 6.07) is 7.65. The molecular formula is C13H20N2O. The third-order valence-electron chi connectivity index (χ3n) is 2.63. The second-order valence-corrected chi connectivity index (χ2v) is 4.21. The van der Waals surface area contributed by atoms with E-state index < -0.39 is 0 Å². The molecule has 1 aromatic rings. The third kappa shape index (κ3) is 3.07. The van der Waals surface area contributed by atoms with Crippen molar-refractivity contribution in [1.29, 1.82) is 0 Å². The third-order valence-corrected chi connectivity index (χ3v) is 2.63. The Bertz CT molecular complexity index is 343. The van der Waals surface area contributed by atoms with Crippen LogP contribution in [0.15, 0.2) is 24.3 Å². The van der Waals surface area contributed by atoms with Crippen LogP contribution in [0.2, 0.25) is 0 Å². The second-order valence-electron chi connectivity index (χ2n) is 4.21. The first-order valence-corrected chi connectivity index (χ1v) is 5.68. The summed E-state index contributed by atoms with van der Waals surface area (Å²) in [6.45, 7) is 6.97. The van der Waals surface area contributed by atoms with Crippen LogP contribution in [-0.4, -0.2) is 12.5 Å². The molecule has 0 aliphatic heterocycles. The number of rotatable bonds is 5. The Hall–Kier alpha value is -1.35. The molecule has 88 valence electrons. The fourth-order valence-corrected chi connectivity index (χ4v) is 1.66. The highest BCUT2D eigenvalue weighted by Crippen LogP contribution is 2.18. The molecule has 0 aromatic heterocycles. The van der Waals surface area contributed by atoms with Gasteiger partial charge < -0.3 is 11.1 Å². The van der Waals surface area contributed by atoms with Gasteiger partial charge in [0.2, 0.25) is 5.91 Å². The van der Waals surface area contributed by atoms with Crippen LogP contribution in [0, 0.1) is 0 Å². The van der Waals surface area contributed by atoms with Crippen molar-refractivity contribution in [1.82, 2.24) is 5.32 Å². The summed E-state index contributed by atoms with van der Waals surface area (Å²) in [5.74, 6) is 0.166. The number of carbonyl (C=O) groups excluding carboxylic acids is 1. The lowest BCUT2D eigenvalue weighted by molar-refractivity contribution is -0.120. The summed E-state index contributed by atoms with van der Waals surface area (Å²) >= 11 is 0. The van der Waals surface area contributed by atoms with Crippen LogP contribution in [0.1, 0.15) is 43.9 Å². The highest BCUT2D eigenvalue weighted by atomic mass is 16.1. The lowest BCUT2D eigenvalue weighted by atomic mass is 9.99. The van der Waals surface area contributed by atoms with Crippen LogP contribution in [0.5, 0.6) is 0 Å². The maximum atomic E-state index is 11.3. The number of hydrogen-bond acceptors (Lipinski definition) is 2. The SMILES string of the molecule is CCNC(C(N)=O)c1ccc(C(C)C)cc1. The van der Waals surface area contributed by atoms with Gasteiger partial charge in [0, 0.05) is 0 Å². The van der Waals surface area contributed by atoms with Crippen molar-refractivity contribution < 1.29 is 4.79 Å². The van der Waals surface area contributed by atoms with Crippen LogP contribution in [0.4, 0.5) is 0 Å². The summed E-state index contributed by atoms with van der Waals surface area (Å²) in [4.78, 5) is 11.3. The molecular weight excluding hydrogens is 200 g/mol. The van der Waals surface area contributed by atoms with Crippen molar-refractivity contribution in [3.63, 3.8) is 0 Å². The summed E-state index contributed by atoms with van der Waals surface area (Å²) < 4.78 is 0. The van der Waals surface area contributed by atoms with Gasteiger partial charge in [-0.2, -0.15) is 0 Å². The monoisotopic (exact) mass is 220 g/mol. The van der Waals surface area contributed by atoms with Crippen molar-refractivity contribution in [2.45, 2.75) is 32.7 Å². The predicted molar refractivity (Wildman–Crippen MR) is 66.1 cm³/mol. The minimum Gasteiger partial charge on any atom is -0.368 e. The summed E-state index contributed by atoms with van der Waals surface area (Å²) in [5, 5.41) is 3.07. The van der Waals surface area contributed by atoms with Gasteiger partial charge in [0.25, 0.3) is 0 Å². The van der Waals surface area contributed by atoms with Gasteiger partial charge in [-0.05, 0) is 23.6 Å². The molecule has 0 radical (unpaired) electrons. The summed E-state index contributed by atoms with van der Waals surface area (Å²) in [5.41, 5.74) is 7.55. The average molecular weight is 220 g/mol. The Morgan fingerprint density at radius 1 is 1.25 bits per heavy atom. The number of nitrogens with two attached hydrogens (primary N) is 1. The summed E-state index contributed by atoms with van der Waals surface area (Å²) in [7, 11) is 0. The molecule has 3 nitrogen and oxygen atoms in total. The van der Waals surface area contributed by atoms with Crippen molar-refractivity contribution in [3.8, 4) is 0 Å².